The molecule has 5 rings (SSSR count). The summed E-state index contributed by atoms with van der Waals surface area (Å²) in [5, 5.41) is 11.5. The van der Waals surface area contributed by atoms with Crippen molar-refractivity contribution in [3.05, 3.63) is 84.1 Å². The molecule has 0 spiro atoms. The molecule has 0 fully saturated rings. The first-order chi connectivity index (χ1) is 16.0. The quantitative estimate of drug-likeness (QED) is 0.380. The number of sulfonamides is 1. The summed E-state index contributed by atoms with van der Waals surface area (Å²) in [5.41, 5.74) is 3.52. The highest BCUT2D eigenvalue weighted by Crippen LogP contribution is 2.37. The standard InChI is InChI=1S/C23H18N6O2S2/c24-33(30,31)17-8-6-15(7-9-17)12-27-22-20-18(16-4-3-10-25-13-16)14-32-23(20)29-21(28-22)19-5-1-2-11-26-19/h1-11,13-14H,12H2,(H2,24,30,31)(H,27,28,29). The minimum absolute atomic E-state index is 0.0739. The Balaban J connectivity index is 1.56. The van der Waals surface area contributed by atoms with Crippen LogP contribution in [-0.4, -0.2) is 28.4 Å². The molecule has 4 aromatic heterocycles. The Morgan fingerprint density at radius 1 is 0.970 bits per heavy atom. The molecule has 3 N–H and O–H groups in total. The Labute approximate surface area is 194 Å². The fraction of sp³-hybridized carbons (Fsp3) is 0.0435. The van der Waals surface area contributed by atoms with Gasteiger partial charge in [0, 0.05) is 41.6 Å². The summed E-state index contributed by atoms with van der Waals surface area (Å²) in [6.07, 6.45) is 5.25. The van der Waals surface area contributed by atoms with Crippen LogP contribution in [0.3, 0.4) is 0 Å². The summed E-state index contributed by atoms with van der Waals surface area (Å²) in [4.78, 5) is 19.1. The number of hydrogen-bond donors (Lipinski definition) is 2. The lowest BCUT2D eigenvalue weighted by molar-refractivity contribution is 0.598. The first kappa shape index (κ1) is 21.1. The van der Waals surface area contributed by atoms with Crippen LogP contribution in [0.1, 0.15) is 5.56 Å². The van der Waals surface area contributed by atoms with Crippen LogP contribution in [0.15, 0.2) is 83.5 Å². The van der Waals surface area contributed by atoms with Crippen molar-refractivity contribution in [3.63, 3.8) is 0 Å². The van der Waals surface area contributed by atoms with Gasteiger partial charge in [-0.1, -0.05) is 24.3 Å². The Morgan fingerprint density at radius 2 is 1.82 bits per heavy atom. The number of nitrogens with two attached hydrogens (primary N) is 1. The van der Waals surface area contributed by atoms with Crippen molar-refractivity contribution in [2.24, 2.45) is 5.14 Å². The molecule has 0 radical (unpaired) electrons. The van der Waals surface area contributed by atoms with E-state index in [9.17, 15) is 8.42 Å². The number of fused-ring (bicyclic) bond motifs is 1. The van der Waals surface area contributed by atoms with Crippen LogP contribution >= 0.6 is 11.3 Å². The minimum atomic E-state index is -3.73. The molecular formula is C23H18N6O2S2. The molecule has 8 nitrogen and oxygen atoms in total. The second-order valence-electron chi connectivity index (χ2n) is 7.22. The van der Waals surface area contributed by atoms with Crippen molar-refractivity contribution < 1.29 is 8.42 Å². The molecule has 0 atom stereocenters. The van der Waals surface area contributed by atoms with Crippen molar-refractivity contribution in [2.75, 3.05) is 5.32 Å². The molecule has 0 aliphatic carbocycles. The van der Waals surface area contributed by atoms with Gasteiger partial charge in [-0.15, -0.1) is 11.3 Å². The molecule has 0 amide bonds. The van der Waals surface area contributed by atoms with Crippen molar-refractivity contribution in [3.8, 4) is 22.6 Å². The lowest BCUT2D eigenvalue weighted by Crippen LogP contribution is -2.12. The molecule has 0 bridgehead atoms. The van der Waals surface area contributed by atoms with Gasteiger partial charge in [0.25, 0.3) is 0 Å². The number of nitrogens with one attached hydrogen (secondary N) is 1. The molecular weight excluding hydrogens is 456 g/mol. The fourth-order valence-corrected chi connectivity index (χ4v) is 4.86. The van der Waals surface area contributed by atoms with Gasteiger partial charge in [-0.2, -0.15) is 0 Å². The maximum atomic E-state index is 11.5. The number of thiophene rings is 1. The molecule has 33 heavy (non-hydrogen) atoms. The average Bonchev–Trinajstić information content (AvgIpc) is 3.28. The highest BCUT2D eigenvalue weighted by molar-refractivity contribution is 7.89. The minimum Gasteiger partial charge on any atom is -0.365 e. The number of aromatic nitrogens is 4. The van der Waals surface area contributed by atoms with Crippen LogP contribution in [0.2, 0.25) is 0 Å². The zero-order valence-electron chi connectivity index (χ0n) is 17.2. The van der Waals surface area contributed by atoms with E-state index in [-0.39, 0.29) is 4.90 Å². The van der Waals surface area contributed by atoms with Crippen LogP contribution < -0.4 is 10.5 Å². The van der Waals surface area contributed by atoms with Gasteiger partial charge in [0.2, 0.25) is 10.0 Å². The van der Waals surface area contributed by atoms with Gasteiger partial charge in [-0.05, 0) is 35.9 Å². The van der Waals surface area contributed by atoms with Crippen LogP contribution in [0.4, 0.5) is 5.82 Å². The highest BCUT2D eigenvalue weighted by Gasteiger charge is 2.17. The van der Waals surface area contributed by atoms with Gasteiger partial charge in [0.15, 0.2) is 5.82 Å². The third-order valence-electron chi connectivity index (χ3n) is 5.01. The third kappa shape index (κ3) is 4.44. The van der Waals surface area contributed by atoms with Gasteiger partial charge < -0.3 is 5.32 Å². The van der Waals surface area contributed by atoms with Crippen molar-refractivity contribution in [1.29, 1.82) is 0 Å². The monoisotopic (exact) mass is 474 g/mol. The van der Waals surface area contributed by atoms with Gasteiger partial charge in [-0.25, -0.2) is 23.5 Å². The van der Waals surface area contributed by atoms with Crippen molar-refractivity contribution in [2.45, 2.75) is 11.4 Å². The summed E-state index contributed by atoms with van der Waals surface area (Å²) in [6, 6.07) is 15.9. The smallest absolute Gasteiger partial charge is 0.238 e. The fourth-order valence-electron chi connectivity index (χ4n) is 3.40. The predicted molar refractivity (Wildman–Crippen MR) is 129 cm³/mol. The molecule has 10 heteroatoms. The van der Waals surface area contributed by atoms with E-state index in [1.807, 2.05) is 41.9 Å². The zero-order chi connectivity index (χ0) is 22.8. The largest absolute Gasteiger partial charge is 0.365 e. The summed E-state index contributed by atoms with van der Waals surface area (Å²) in [6.45, 7) is 0.432. The number of anilines is 1. The first-order valence-corrected chi connectivity index (χ1v) is 12.4. The van der Waals surface area contributed by atoms with E-state index >= 15 is 0 Å². The molecule has 0 saturated carbocycles. The second kappa shape index (κ2) is 8.66. The maximum absolute atomic E-state index is 11.5. The molecule has 0 aliphatic heterocycles. The van der Waals surface area contributed by atoms with E-state index in [0.717, 1.165) is 26.9 Å². The number of nitrogens with zero attached hydrogens (tertiary/aromatic N) is 4. The van der Waals surface area contributed by atoms with Gasteiger partial charge in [0.1, 0.15) is 16.3 Å². The number of benzene rings is 1. The summed E-state index contributed by atoms with van der Waals surface area (Å²) in [7, 11) is -3.73. The third-order valence-corrected chi connectivity index (χ3v) is 6.81. The van der Waals surface area contributed by atoms with E-state index in [2.05, 4.69) is 15.3 Å². The topological polar surface area (TPSA) is 124 Å². The lowest BCUT2D eigenvalue weighted by atomic mass is 10.1. The molecule has 0 saturated heterocycles. The first-order valence-electron chi connectivity index (χ1n) is 9.96. The molecule has 0 unspecified atom stereocenters. The Kier molecular flexibility index (Phi) is 5.55. The van der Waals surface area contributed by atoms with Crippen LogP contribution in [0, 0.1) is 0 Å². The van der Waals surface area contributed by atoms with Crippen LogP contribution in [0.5, 0.6) is 0 Å². The highest BCUT2D eigenvalue weighted by atomic mass is 32.2. The normalized spacial score (nSPS) is 11.5. The Bertz CT molecular complexity index is 1520. The summed E-state index contributed by atoms with van der Waals surface area (Å²) in [5.74, 6) is 1.19. The lowest BCUT2D eigenvalue weighted by Gasteiger charge is -2.11. The van der Waals surface area contributed by atoms with Gasteiger partial charge in [-0.3, -0.25) is 9.97 Å². The van der Waals surface area contributed by atoms with E-state index in [4.69, 9.17) is 15.1 Å². The molecule has 164 valence electrons. The molecule has 5 aromatic rings. The predicted octanol–water partition coefficient (Wildman–Crippen LogP) is 4.07. The van der Waals surface area contributed by atoms with Gasteiger partial charge >= 0.3 is 0 Å². The zero-order valence-corrected chi connectivity index (χ0v) is 18.8. The van der Waals surface area contributed by atoms with E-state index < -0.39 is 10.0 Å². The van der Waals surface area contributed by atoms with E-state index in [0.29, 0.717) is 23.9 Å². The average molecular weight is 475 g/mol. The van der Waals surface area contributed by atoms with Crippen LogP contribution in [0.25, 0.3) is 32.9 Å². The number of hydrogen-bond acceptors (Lipinski definition) is 8. The molecule has 0 aliphatic rings. The van der Waals surface area contributed by atoms with Crippen molar-refractivity contribution >= 4 is 37.4 Å². The number of primary sulfonamides is 1. The Morgan fingerprint density at radius 3 is 2.52 bits per heavy atom. The SMILES string of the molecule is NS(=O)(=O)c1ccc(CNc2nc(-c3ccccn3)nc3scc(-c4cccnc4)c23)cc1. The number of rotatable bonds is 6. The second-order valence-corrected chi connectivity index (χ2v) is 9.64. The summed E-state index contributed by atoms with van der Waals surface area (Å²) < 4.78 is 23.0. The van der Waals surface area contributed by atoms with Crippen molar-refractivity contribution in [1.82, 2.24) is 19.9 Å². The molecule has 4 heterocycles. The van der Waals surface area contributed by atoms with E-state index in [1.165, 1.54) is 23.5 Å². The maximum Gasteiger partial charge on any atom is 0.238 e. The number of pyridine rings is 2. The van der Waals surface area contributed by atoms with Crippen LogP contribution in [-0.2, 0) is 16.6 Å². The Hall–Kier alpha value is -3.73. The van der Waals surface area contributed by atoms with E-state index in [1.54, 1.807) is 24.5 Å². The summed E-state index contributed by atoms with van der Waals surface area (Å²) >= 11 is 1.53. The van der Waals surface area contributed by atoms with Gasteiger partial charge in [0.05, 0.1) is 10.3 Å². The molecule has 1 aromatic carbocycles.